The van der Waals surface area contributed by atoms with Crippen molar-refractivity contribution in [3.05, 3.63) is 48.0 Å². The molecule has 0 unspecified atom stereocenters. The highest BCUT2D eigenvalue weighted by molar-refractivity contribution is 6.36. The molecule has 0 heterocycles. The predicted molar refractivity (Wildman–Crippen MR) is 85.0 cm³/mol. The molecule has 0 aliphatic carbocycles. The molecule has 0 atom stereocenters. The second kappa shape index (κ2) is 6.83. The molecule has 1 amide bonds. The van der Waals surface area contributed by atoms with Crippen LogP contribution in [0.3, 0.4) is 0 Å². The smallest absolute Gasteiger partial charge is 0.394 e. The van der Waals surface area contributed by atoms with E-state index < -0.39 is 11.9 Å². The number of hydrogen-bond donors (Lipinski definition) is 3. The van der Waals surface area contributed by atoms with Gasteiger partial charge in [-0.05, 0) is 48.4 Å². The summed E-state index contributed by atoms with van der Waals surface area (Å²) < 4.78 is 5.69. The fourth-order valence-electron chi connectivity index (χ4n) is 1.99. The van der Waals surface area contributed by atoms with Gasteiger partial charge in [0.05, 0.1) is 0 Å². The van der Waals surface area contributed by atoms with Crippen molar-refractivity contribution in [1.82, 2.24) is 0 Å². The Bertz CT molecular complexity index is 722. The van der Waals surface area contributed by atoms with Crippen LogP contribution in [0.4, 0.5) is 5.69 Å². The molecule has 0 bridgehead atoms. The topological polar surface area (TPSA) is 95.9 Å². The van der Waals surface area contributed by atoms with Gasteiger partial charge in [-0.15, -0.1) is 0 Å². The molecule has 0 fully saturated rings. The Balaban J connectivity index is 2.11. The van der Waals surface area contributed by atoms with Gasteiger partial charge in [0.15, 0.2) is 0 Å². The van der Waals surface area contributed by atoms with E-state index in [4.69, 9.17) is 9.84 Å². The largest absolute Gasteiger partial charge is 0.508 e. The maximum atomic E-state index is 11.1. The first-order valence-electron chi connectivity index (χ1n) is 7.02. The van der Waals surface area contributed by atoms with E-state index in [0.29, 0.717) is 17.2 Å². The molecule has 23 heavy (non-hydrogen) atoms. The Morgan fingerprint density at radius 2 is 1.65 bits per heavy atom. The van der Waals surface area contributed by atoms with Crippen molar-refractivity contribution in [1.29, 1.82) is 0 Å². The molecule has 0 radical (unpaired) electrons. The molecular formula is C17H17NO5. The Hall–Kier alpha value is -3.02. The van der Waals surface area contributed by atoms with E-state index in [-0.39, 0.29) is 11.7 Å². The molecule has 0 saturated carbocycles. The zero-order valence-corrected chi connectivity index (χ0v) is 12.7. The molecule has 6 nitrogen and oxygen atoms in total. The molecule has 6 heteroatoms. The summed E-state index contributed by atoms with van der Waals surface area (Å²) in [7, 11) is 0. The minimum atomic E-state index is -1.55. The molecule has 2 rings (SSSR count). The number of phenolic OH excluding ortho intramolecular Hbond substituents is 1. The number of carbonyl (C=O) groups excluding carboxylic acids is 1. The van der Waals surface area contributed by atoms with Crippen LogP contribution in [0.15, 0.2) is 42.5 Å². The van der Waals surface area contributed by atoms with Crippen LogP contribution < -0.4 is 10.1 Å². The number of hydrogen-bond acceptors (Lipinski definition) is 4. The van der Waals surface area contributed by atoms with Gasteiger partial charge >= 0.3 is 11.9 Å². The number of ether oxygens (including phenoxy) is 1. The monoisotopic (exact) mass is 315 g/mol. The number of nitrogens with one attached hydrogen (secondary N) is 1. The van der Waals surface area contributed by atoms with Crippen LogP contribution in [-0.4, -0.2) is 22.1 Å². The highest BCUT2D eigenvalue weighted by Gasteiger charge is 2.11. The summed E-state index contributed by atoms with van der Waals surface area (Å²) in [6.45, 7) is 3.94. The van der Waals surface area contributed by atoms with Gasteiger partial charge in [0, 0.05) is 11.3 Å². The van der Waals surface area contributed by atoms with Crippen molar-refractivity contribution in [2.45, 2.75) is 19.8 Å². The lowest BCUT2D eigenvalue weighted by atomic mass is 10.0. The summed E-state index contributed by atoms with van der Waals surface area (Å²) in [4.78, 5) is 21.5. The fourth-order valence-corrected chi connectivity index (χ4v) is 1.99. The molecule has 0 aliphatic rings. The van der Waals surface area contributed by atoms with Crippen LogP contribution in [-0.2, 0) is 9.59 Å². The Morgan fingerprint density at radius 1 is 1.04 bits per heavy atom. The minimum Gasteiger partial charge on any atom is -0.508 e. The average Bonchev–Trinajstić information content (AvgIpc) is 2.50. The minimum absolute atomic E-state index is 0.159. The van der Waals surface area contributed by atoms with Gasteiger partial charge in [-0.25, -0.2) is 4.79 Å². The summed E-state index contributed by atoms with van der Waals surface area (Å²) in [5, 5.41) is 20.6. The Morgan fingerprint density at radius 3 is 2.22 bits per heavy atom. The van der Waals surface area contributed by atoms with Crippen molar-refractivity contribution in [3.63, 3.8) is 0 Å². The predicted octanol–water partition coefficient (Wildman–Crippen LogP) is 3.33. The van der Waals surface area contributed by atoms with Crippen LogP contribution >= 0.6 is 0 Å². The lowest BCUT2D eigenvalue weighted by Crippen LogP contribution is -2.21. The van der Waals surface area contributed by atoms with Crippen LogP contribution in [0.25, 0.3) is 0 Å². The van der Waals surface area contributed by atoms with E-state index in [1.807, 2.05) is 13.8 Å². The van der Waals surface area contributed by atoms with E-state index in [9.17, 15) is 14.7 Å². The number of carboxylic acids is 1. The molecule has 120 valence electrons. The summed E-state index contributed by atoms with van der Waals surface area (Å²) in [5.74, 6) is -1.16. The second-order valence-corrected chi connectivity index (χ2v) is 5.26. The zero-order valence-electron chi connectivity index (χ0n) is 12.7. The van der Waals surface area contributed by atoms with E-state index in [1.54, 1.807) is 42.5 Å². The van der Waals surface area contributed by atoms with Gasteiger partial charge in [0.25, 0.3) is 0 Å². The lowest BCUT2D eigenvalue weighted by Gasteiger charge is -2.12. The average molecular weight is 315 g/mol. The molecule has 0 saturated heterocycles. The fraction of sp³-hybridized carbons (Fsp3) is 0.176. The SMILES string of the molecule is CC(C)c1cc(Oc2ccc(NC(=O)C(=O)O)cc2)ccc1O. The molecule has 0 spiro atoms. The first-order chi connectivity index (χ1) is 10.9. The normalized spacial score (nSPS) is 10.4. The number of amides is 1. The van der Waals surface area contributed by atoms with Crippen molar-refractivity contribution in [2.75, 3.05) is 5.32 Å². The Kier molecular flexibility index (Phi) is 4.85. The molecule has 3 N–H and O–H groups in total. The van der Waals surface area contributed by atoms with Crippen LogP contribution in [0.2, 0.25) is 0 Å². The van der Waals surface area contributed by atoms with E-state index in [2.05, 4.69) is 5.32 Å². The quantitative estimate of drug-likeness (QED) is 0.752. The number of carbonyl (C=O) groups is 2. The highest BCUT2D eigenvalue weighted by Crippen LogP contribution is 2.31. The standard InChI is InChI=1S/C17H17NO5/c1-10(2)14-9-13(7-8-15(14)19)23-12-5-3-11(4-6-12)18-16(20)17(21)22/h3-10,19H,1-2H3,(H,18,20)(H,21,22). The molecule has 2 aromatic rings. The van der Waals surface area contributed by atoms with E-state index >= 15 is 0 Å². The number of carboxylic acid groups (broad SMARTS) is 1. The number of phenols is 1. The molecular weight excluding hydrogens is 298 g/mol. The number of aliphatic carboxylic acids is 1. The van der Waals surface area contributed by atoms with Crippen molar-refractivity contribution in [2.24, 2.45) is 0 Å². The van der Waals surface area contributed by atoms with Crippen molar-refractivity contribution in [3.8, 4) is 17.2 Å². The molecule has 0 aromatic heterocycles. The maximum Gasteiger partial charge on any atom is 0.394 e. The number of aromatic hydroxyl groups is 1. The maximum absolute atomic E-state index is 11.1. The third-order valence-electron chi connectivity index (χ3n) is 3.16. The molecule has 0 aliphatic heterocycles. The first-order valence-corrected chi connectivity index (χ1v) is 7.02. The van der Waals surface area contributed by atoms with Crippen LogP contribution in [0.1, 0.15) is 25.3 Å². The summed E-state index contributed by atoms with van der Waals surface area (Å²) >= 11 is 0. The van der Waals surface area contributed by atoms with Crippen LogP contribution in [0.5, 0.6) is 17.2 Å². The van der Waals surface area contributed by atoms with Gasteiger partial charge in [-0.3, -0.25) is 4.79 Å². The first kappa shape index (κ1) is 16.4. The third kappa shape index (κ3) is 4.23. The van der Waals surface area contributed by atoms with E-state index in [1.165, 1.54) is 0 Å². The third-order valence-corrected chi connectivity index (χ3v) is 3.16. The van der Waals surface area contributed by atoms with Crippen molar-refractivity contribution < 1.29 is 24.5 Å². The van der Waals surface area contributed by atoms with Gasteiger partial charge in [-0.2, -0.15) is 0 Å². The molecule has 2 aromatic carbocycles. The number of benzene rings is 2. The van der Waals surface area contributed by atoms with Crippen molar-refractivity contribution >= 4 is 17.6 Å². The zero-order chi connectivity index (χ0) is 17.0. The summed E-state index contributed by atoms with van der Waals surface area (Å²) in [6, 6.07) is 11.3. The van der Waals surface area contributed by atoms with Gasteiger partial charge in [0.1, 0.15) is 17.2 Å². The summed E-state index contributed by atoms with van der Waals surface area (Å²) in [6.07, 6.45) is 0. The summed E-state index contributed by atoms with van der Waals surface area (Å²) in [5.41, 5.74) is 1.14. The van der Waals surface area contributed by atoms with Gasteiger partial charge < -0.3 is 20.3 Å². The van der Waals surface area contributed by atoms with E-state index in [0.717, 1.165) is 5.56 Å². The number of anilines is 1. The highest BCUT2D eigenvalue weighted by atomic mass is 16.5. The van der Waals surface area contributed by atoms with Gasteiger partial charge in [-0.1, -0.05) is 13.8 Å². The Labute approximate surface area is 133 Å². The number of rotatable bonds is 4. The second-order valence-electron chi connectivity index (χ2n) is 5.26. The lowest BCUT2D eigenvalue weighted by molar-refractivity contribution is -0.147. The van der Waals surface area contributed by atoms with Gasteiger partial charge in [0.2, 0.25) is 0 Å². The van der Waals surface area contributed by atoms with Crippen LogP contribution in [0, 0.1) is 0 Å².